The van der Waals surface area contributed by atoms with Gasteiger partial charge in [0, 0.05) is 12.6 Å². The molecule has 0 aromatic carbocycles. The van der Waals surface area contributed by atoms with E-state index >= 15 is 0 Å². The van der Waals surface area contributed by atoms with Gasteiger partial charge in [-0.15, -0.1) is 0 Å². The minimum Gasteiger partial charge on any atom is -0.391 e. The van der Waals surface area contributed by atoms with Crippen LogP contribution in [0.4, 0.5) is 0 Å². The Morgan fingerprint density at radius 3 is 2.12 bits per heavy atom. The lowest BCUT2D eigenvalue weighted by Crippen LogP contribution is -2.43. The first-order chi connectivity index (χ1) is 7.30. The summed E-state index contributed by atoms with van der Waals surface area (Å²) in [6.07, 6.45) is 5.07. The first-order valence-corrected chi connectivity index (χ1v) is 6.69. The summed E-state index contributed by atoms with van der Waals surface area (Å²) in [5.41, 5.74) is -0.00375. The van der Waals surface area contributed by atoms with Crippen LogP contribution in [0.25, 0.3) is 0 Å². The molecule has 1 rings (SSSR count). The summed E-state index contributed by atoms with van der Waals surface area (Å²) in [6, 6.07) is 0.688. The Morgan fingerprint density at radius 1 is 1.19 bits per heavy atom. The van der Waals surface area contributed by atoms with Crippen molar-refractivity contribution < 1.29 is 5.11 Å². The fourth-order valence-electron chi connectivity index (χ4n) is 2.38. The molecule has 0 saturated heterocycles. The fraction of sp³-hybridized carbons (Fsp3) is 1.00. The lowest BCUT2D eigenvalue weighted by Gasteiger charge is -2.37. The molecule has 1 aliphatic carbocycles. The summed E-state index contributed by atoms with van der Waals surface area (Å²) < 4.78 is 0. The monoisotopic (exact) mass is 227 g/mol. The lowest BCUT2D eigenvalue weighted by atomic mass is 9.85. The van der Waals surface area contributed by atoms with E-state index in [9.17, 15) is 5.11 Å². The van der Waals surface area contributed by atoms with E-state index in [2.05, 4.69) is 39.6 Å². The molecule has 1 atom stereocenters. The second kappa shape index (κ2) is 5.50. The van der Waals surface area contributed by atoms with Crippen LogP contribution in [0, 0.1) is 11.3 Å². The average molecular weight is 227 g/mol. The third kappa shape index (κ3) is 4.06. The van der Waals surface area contributed by atoms with Gasteiger partial charge in [0.15, 0.2) is 0 Å². The van der Waals surface area contributed by atoms with Crippen molar-refractivity contribution in [3.63, 3.8) is 0 Å². The third-order valence-corrected chi connectivity index (χ3v) is 4.07. The minimum atomic E-state index is -0.225. The second-order valence-corrected chi connectivity index (χ2v) is 6.74. The van der Waals surface area contributed by atoms with Crippen LogP contribution in [0.5, 0.6) is 0 Å². The molecule has 96 valence electrons. The Morgan fingerprint density at radius 2 is 1.69 bits per heavy atom. The highest BCUT2D eigenvalue weighted by Crippen LogP contribution is 2.27. The summed E-state index contributed by atoms with van der Waals surface area (Å²) >= 11 is 0. The van der Waals surface area contributed by atoms with Gasteiger partial charge in [-0.25, -0.2) is 0 Å². The van der Waals surface area contributed by atoms with E-state index in [1.54, 1.807) is 0 Å². The Labute approximate surface area is 101 Å². The molecule has 0 amide bonds. The summed E-state index contributed by atoms with van der Waals surface area (Å²) in [7, 11) is 2.16. The van der Waals surface area contributed by atoms with Gasteiger partial charge in [0.1, 0.15) is 0 Å². The molecule has 1 aliphatic rings. The number of aliphatic hydroxyl groups excluding tert-OH is 1. The van der Waals surface area contributed by atoms with Gasteiger partial charge in [0.25, 0.3) is 0 Å². The molecule has 1 fully saturated rings. The van der Waals surface area contributed by atoms with Crippen molar-refractivity contribution in [2.45, 2.75) is 65.5 Å². The van der Waals surface area contributed by atoms with Crippen molar-refractivity contribution in [3.05, 3.63) is 0 Å². The maximum absolute atomic E-state index is 10.1. The summed E-state index contributed by atoms with van der Waals surface area (Å²) in [4.78, 5) is 2.36. The third-order valence-electron chi connectivity index (χ3n) is 4.07. The van der Waals surface area contributed by atoms with Crippen molar-refractivity contribution in [1.29, 1.82) is 0 Å². The van der Waals surface area contributed by atoms with Gasteiger partial charge in [-0.2, -0.15) is 0 Å². The summed E-state index contributed by atoms with van der Waals surface area (Å²) in [5, 5.41) is 10.1. The number of likely N-dealkylation sites (N-methyl/N-ethyl adjacent to an activating group) is 1. The van der Waals surface area contributed by atoms with Gasteiger partial charge >= 0.3 is 0 Å². The van der Waals surface area contributed by atoms with Crippen molar-refractivity contribution in [2.24, 2.45) is 11.3 Å². The summed E-state index contributed by atoms with van der Waals surface area (Å²) in [5.74, 6) is 0.900. The number of hydrogen-bond donors (Lipinski definition) is 1. The van der Waals surface area contributed by atoms with Crippen LogP contribution in [0.3, 0.4) is 0 Å². The van der Waals surface area contributed by atoms with E-state index < -0.39 is 0 Å². The molecule has 0 bridgehead atoms. The molecule has 1 N–H and O–H groups in total. The van der Waals surface area contributed by atoms with E-state index in [4.69, 9.17) is 0 Å². The Bertz CT molecular complexity index is 201. The molecule has 0 spiro atoms. The van der Waals surface area contributed by atoms with E-state index in [-0.39, 0.29) is 11.5 Å². The predicted octanol–water partition coefficient (Wildman–Crippen LogP) is 2.90. The zero-order valence-electron chi connectivity index (χ0n) is 11.7. The fourth-order valence-corrected chi connectivity index (χ4v) is 2.38. The first-order valence-electron chi connectivity index (χ1n) is 6.69. The van der Waals surface area contributed by atoms with Gasteiger partial charge < -0.3 is 10.0 Å². The Kier molecular flexibility index (Phi) is 4.81. The average Bonchev–Trinajstić information content (AvgIpc) is 2.17. The largest absolute Gasteiger partial charge is 0.391 e. The van der Waals surface area contributed by atoms with Crippen molar-refractivity contribution in [3.8, 4) is 0 Å². The normalized spacial score (nSPS) is 29.4. The van der Waals surface area contributed by atoms with Crippen LogP contribution in [-0.2, 0) is 0 Å². The molecular weight excluding hydrogens is 198 g/mol. The van der Waals surface area contributed by atoms with Gasteiger partial charge in [-0.05, 0) is 44.1 Å². The van der Waals surface area contributed by atoms with Crippen LogP contribution in [0.2, 0.25) is 0 Å². The topological polar surface area (TPSA) is 23.5 Å². The second-order valence-electron chi connectivity index (χ2n) is 6.74. The SMILES string of the molecule is CC1CCC(N(C)CC(O)C(C)(C)C)CC1. The van der Waals surface area contributed by atoms with Crippen molar-refractivity contribution in [1.82, 2.24) is 4.90 Å². The van der Waals surface area contributed by atoms with Crippen LogP contribution in [0.1, 0.15) is 53.4 Å². The Balaban J connectivity index is 2.37. The molecule has 0 radical (unpaired) electrons. The number of hydrogen-bond acceptors (Lipinski definition) is 2. The van der Waals surface area contributed by atoms with Crippen LogP contribution >= 0.6 is 0 Å². The van der Waals surface area contributed by atoms with Gasteiger partial charge in [0.05, 0.1) is 6.10 Å². The highest BCUT2D eigenvalue weighted by Gasteiger charge is 2.27. The van der Waals surface area contributed by atoms with Crippen LogP contribution in [-0.4, -0.2) is 35.7 Å². The number of nitrogens with zero attached hydrogens (tertiary/aromatic N) is 1. The lowest BCUT2D eigenvalue weighted by molar-refractivity contribution is 0.0177. The molecule has 2 nitrogen and oxygen atoms in total. The van der Waals surface area contributed by atoms with Crippen molar-refractivity contribution in [2.75, 3.05) is 13.6 Å². The maximum Gasteiger partial charge on any atom is 0.0715 e. The number of rotatable bonds is 3. The zero-order valence-corrected chi connectivity index (χ0v) is 11.7. The molecular formula is C14H29NO. The minimum absolute atomic E-state index is 0.00375. The molecule has 16 heavy (non-hydrogen) atoms. The predicted molar refractivity (Wildman–Crippen MR) is 69.5 cm³/mol. The van der Waals surface area contributed by atoms with E-state index in [1.165, 1.54) is 25.7 Å². The zero-order chi connectivity index (χ0) is 12.3. The smallest absolute Gasteiger partial charge is 0.0715 e. The first kappa shape index (κ1) is 14.0. The van der Waals surface area contributed by atoms with Gasteiger partial charge in [-0.1, -0.05) is 27.7 Å². The Hall–Kier alpha value is -0.0800. The van der Waals surface area contributed by atoms with Gasteiger partial charge in [0.2, 0.25) is 0 Å². The quantitative estimate of drug-likeness (QED) is 0.801. The maximum atomic E-state index is 10.1. The summed E-state index contributed by atoms with van der Waals surface area (Å²) in [6.45, 7) is 9.47. The highest BCUT2D eigenvalue weighted by atomic mass is 16.3. The molecule has 0 aliphatic heterocycles. The van der Waals surface area contributed by atoms with Crippen LogP contribution < -0.4 is 0 Å². The molecule has 0 heterocycles. The molecule has 1 saturated carbocycles. The van der Waals surface area contributed by atoms with Gasteiger partial charge in [-0.3, -0.25) is 0 Å². The van der Waals surface area contributed by atoms with E-state index in [0.717, 1.165) is 12.5 Å². The molecule has 0 aromatic heterocycles. The van der Waals surface area contributed by atoms with E-state index in [0.29, 0.717) is 6.04 Å². The number of aliphatic hydroxyl groups is 1. The van der Waals surface area contributed by atoms with E-state index in [1.807, 2.05) is 0 Å². The van der Waals surface area contributed by atoms with Crippen LogP contribution in [0.15, 0.2) is 0 Å². The highest BCUT2D eigenvalue weighted by molar-refractivity contribution is 4.81. The molecule has 0 aromatic rings. The molecule has 1 unspecified atom stereocenters. The molecule has 2 heteroatoms. The standard InChI is InChI=1S/C14H29NO/c1-11-6-8-12(9-7-11)15(5)10-13(16)14(2,3)4/h11-13,16H,6-10H2,1-5H3. The van der Waals surface area contributed by atoms with Crippen molar-refractivity contribution >= 4 is 0 Å².